The Bertz CT molecular complexity index is 650. The van der Waals surface area contributed by atoms with Crippen LogP contribution in [-0.4, -0.2) is 5.78 Å². The fourth-order valence-corrected chi connectivity index (χ4v) is 3.40. The van der Waals surface area contributed by atoms with Gasteiger partial charge in [-0.25, -0.2) is 0 Å². The Morgan fingerprint density at radius 2 is 2.00 bits per heavy atom. The first-order valence-electron chi connectivity index (χ1n) is 5.73. The Morgan fingerprint density at radius 1 is 1.28 bits per heavy atom. The molecular weight excluding hydrogens is 264 g/mol. The second kappa shape index (κ2) is 4.38. The maximum atomic E-state index is 12.3. The molecule has 1 aromatic heterocycles. The highest BCUT2D eigenvalue weighted by molar-refractivity contribution is 7.10. The van der Waals surface area contributed by atoms with Crippen LogP contribution in [0.3, 0.4) is 0 Å². The fourth-order valence-electron chi connectivity index (χ4n) is 2.22. The summed E-state index contributed by atoms with van der Waals surface area (Å²) in [7, 11) is 0. The average molecular weight is 275 g/mol. The number of carbonyl (C=O) groups is 1. The monoisotopic (exact) mass is 274 g/mol. The number of ketones is 1. The van der Waals surface area contributed by atoms with Crippen molar-refractivity contribution >= 4 is 34.8 Å². The summed E-state index contributed by atoms with van der Waals surface area (Å²) in [5.74, 6) is 0.179. The van der Waals surface area contributed by atoms with Crippen LogP contribution < -0.4 is 0 Å². The van der Waals surface area contributed by atoms with Crippen LogP contribution in [0.25, 0.3) is 6.08 Å². The van der Waals surface area contributed by atoms with Crippen molar-refractivity contribution in [3.63, 3.8) is 0 Å². The van der Waals surface area contributed by atoms with Gasteiger partial charge in [0.1, 0.15) is 0 Å². The molecular formula is C15H11ClOS. The third-order valence-electron chi connectivity index (χ3n) is 3.13. The third-order valence-corrected chi connectivity index (χ3v) is 4.49. The van der Waals surface area contributed by atoms with Crippen LogP contribution in [0.15, 0.2) is 35.2 Å². The highest BCUT2D eigenvalue weighted by atomic mass is 35.5. The normalized spacial score (nSPS) is 16.3. The number of thiophene rings is 1. The average Bonchev–Trinajstić information content (AvgIpc) is 2.85. The molecule has 0 amide bonds. The van der Waals surface area contributed by atoms with Crippen LogP contribution in [0.4, 0.5) is 0 Å². The van der Waals surface area contributed by atoms with E-state index in [1.807, 2.05) is 37.3 Å². The fraction of sp³-hybridized carbons (Fsp3) is 0.133. The molecule has 2 aromatic rings. The highest BCUT2D eigenvalue weighted by Gasteiger charge is 2.27. The number of carbonyl (C=O) groups excluding carboxylic acids is 1. The number of fused-ring (bicyclic) bond motifs is 1. The van der Waals surface area contributed by atoms with E-state index in [9.17, 15) is 4.79 Å². The van der Waals surface area contributed by atoms with Crippen LogP contribution in [0, 0.1) is 6.92 Å². The topological polar surface area (TPSA) is 17.1 Å². The molecule has 0 aliphatic heterocycles. The number of aryl methyl sites for hydroxylation is 1. The number of rotatable bonds is 1. The summed E-state index contributed by atoms with van der Waals surface area (Å²) in [5, 5.41) is 2.77. The van der Waals surface area contributed by atoms with Gasteiger partial charge in [0, 0.05) is 27.5 Å². The predicted octanol–water partition coefficient (Wildman–Crippen LogP) is 4.53. The molecule has 0 N–H and O–H groups in total. The van der Waals surface area contributed by atoms with Crippen molar-refractivity contribution in [3.8, 4) is 0 Å². The molecule has 1 nitrogen and oxygen atoms in total. The van der Waals surface area contributed by atoms with Gasteiger partial charge in [0.2, 0.25) is 0 Å². The van der Waals surface area contributed by atoms with E-state index in [0.717, 1.165) is 28.7 Å². The SMILES string of the molecule is Cc1csc2c1C(=O)C(=Cc1ccc(Cl)cc1)C2. The molecule has 1 heterocycles. The molecule has 1 aromatic carbocycles. The van der Waals surface area contributed by atoms with Gasteiger partial charge in [-0.2, -0.15) is 0 Å². The van der Waals surface area contributed by atoms with E-state index in [2.05, 4.69) is 5.38 Å². The van der Waals surface area contributed by atoms with Crippen molar-refractivity contribution in [1.82, 2.24) is 0 Å². The maximum absolute atomic E-state index is 12.3. The summed E-state index contributed by atoms with van der Waals surface area (Å²) >= 11 is 7.52. The highest BCUT2D eigenvalue weighted by Crippen LogP contribution is 2.34. The van der Waals surface area contributed by atoms with Gasteiger partial charge >= 0.3 is 0 Å². The van der Waals surface area contributed by atoms with E-state index in [1.54, 1.807) is 11.3 Å². The van der Waals surface area contributed by atoms with E-state index in [4.69, 9.17) is 11.6 Å². The Balaban J connectivity index is 1.97. The number of halogens is 1. The molecule has 0 saturated carbocycles. The van der Waals surface area contributed by atoms with Crippen molar-refractivity contribution in [3.05, 3.63) is 61.8 Å². The number of Topliss-reactive ketones (excluding diaryl/α,β-unsaturated/α-hetero) is 1. The van der Waals surface area contributed by atoms with E-state index in [1.165, 1.54) is 4.88 Å². The molecule has 0 saturated heterocycles. The molecule has 18 heavy (non-hydrogen) atoms. The molecule has 0 radical (unpaired) electrons. The second-order valence-corrected chi connectivity index (χ2v) is 5.84. The molecule has 3 rings (SSSR count). The lowest BCUT2D eigenvalue weighted by atomic mass is 10.1. The van der Waals surface area contributed by atoms with Gasteiger partial charge in [0.25, 0.3) is 0 Å². The van der Waals surface area contributed by atoms with Gasteiger partial charge in [0.05, 0.1) is 0 Å². The molecule has 0 bridgehead atoms. The van der Waals surface area contributed by atoms with Crippen molar-refractivity contribution in [2.75, 3.05) is 0 Å². The van der Waals surface area contributed by atoms with Crippen LogP contribution in [-0.2, 0) is 6.42 Å². The van der Waals surface area contributed by atoms with Gasteiger partial charge in [0.15, 0.2) is 5.78 Å². The number of benzene rings is 1. The van der Waals surface area contributed by atoms with Crippen LogP contribution in [0.2, 0.25) is 5.02 Å². The van der Waals surface area contributed by atoms with Gasteiger partial charge in [-0.1, -0.05) is 23.7 Å². The smallest absolute Gasteiger partial charge is 0.190 e. The first-order valence-corrected chi connectivity index (χ1v) is 6.99. The van der Waals surface area contributed by atoms with Crippen molar-refractivity contribution in [1.29, 1.82) is 0 Å². The van der Waals surface area contributed by atoms with Gasteiger partial charge in [-0.05, 0) is 41.6 Å². The minimum Gasteiger partial charge on any atom is -0.289 e. The molecule has 0 fully saturated rings. The lowest BCUT2D eigenvalue weighted by Crippen LogP contribution is -1.96. The van der Waals surface area contributed by atoms with Crippen molar-refractivity contribution < 1.29 is 4.79 Å². The quantitative estimate of drug-likeness (QED) is 0.698. The summed E-state index contributed by atoms with van der Waals surface area (Å²) in [5.41, 5.74) is 3.91. The predicted molar refractivity (Wildman–Crippen MR) is 76.5 cm³/mol. The first-order chi connectivity index (χ1) is 8.65. The van der Waals surface area contributed by atoms with E-state index < -0.39 is 0 Å². The van der Waals surface area contributed by atoms with Gasteiger partial charge in [-0.3, -0.25) is 4.79 Å². The zero-order valence-corrected chi connectivity index (χ0v) is 11.4. The van der Waals surface area contributed by atoms with Crippen LogP contribution in [0.1, 0.15) is 26.4 Å². The molecule has 0 spiro atoms. The lowest BCUT2D eigenvalue weighted by molar-refractivity contribution is 0.104. The summed E-state index contributed by atoms with van der Waals surface area (Å²) in [4.78, 5) is 13.5. The maximum Gasteiger partial charge on any atom is 0.190 e. The molecule has 3 heteroatoms. The summed E-state index contributed by atoms with van der Waals surface area (Å²) in [6.07, 6.45) is 2.72. The van der Waals surface area contributed by atoms with E-state index in [-0.39, 0.29) is 5.78 Å². The summed E-state index contributed by atoms with van der Waals surface area (Å²) in [6, 6.07) is 7.55. The lowest BCUT2D eigenvalue weighted by Gasteiger charge is -1.98. The van der Waals surface area contributed by atoms with Crippen LogP contribution >= 0.6 is 22.9 Å². The molecule has 0 atom stereocenters. The minimum absolute atomic E-state index is 0.179. The third kappa shape index (κ3) is 1.92. The van der Waals surface area contributed by atoms with Crippen LogP contribution in [0.5, 0.6) is 0 Å². The Labute approximate surface area is 115 Å². The first kappa shape index (κ1) is 11.7. The number of allylic oxidation sites excluding steroid dienone is 1. The van der Waals surface area contributed by atoms with Crippen molar-refractivity contribution in [2.45, 2.75) is 13.3 Å². The molecule has 0 unspecified atom stereocenters. The summed E-state index contributed by atoms with van der Waals surface area (Å²) in [6.45, 7) is 2.00. The number of hydrogen-bond donors (Lipinski definition) is 0. The Hall–Kier alpha value is -1.38. The zero-order valence-electron chi connectivity index (χ0n) is 9.87. The summed E-state index contributed by atoms with van der Waals surface area (Å²) < 4.78 is 0. The van der Waals surface area contributed by atoms with E-state index >= 15 is 0 Å². The second-order valence-electron chi connectivity index (χ2n) is 4.44. The standard InChI is InChI=1S/C15H11ClOS/c1-9-8-18-13-7-11(15(17)14(9)13)6-10-2-4-12(16)5-3-10/h2-6,8H,7H2,1H3. The minimum atomic E-state index is 0.179. The van der Waals surface area contributed by atoms with Crippen molar-refractivity contribution in [2.24, 2.45) is 0 Å². The zero-order chi connectivity index (χ0) is 12.7. The molecule has 1 aliphatic rings. The number of hydrogen-bond acceptors (Lipinski definition) is 2. The largest absolute Gasteiger partial charge is 0.289 e. The van der Waals surface area contributed by atoms with E-state index in [0.29, 0.717) is 5.02 Å². The van der Waals surface area contributed by atoms with Gasteiger partial charge < -0.3 is 0 Å². The Morgan fingerprint density at radius 3 is 2.67 bits per heavy atom. The Kier molecular flexibility index (Phi) is 2.84. The van der Waals surface area contributed by atoms with Gasteiger partial charge in [-0.15, -0.1) is 11.3 Å². The molecule has 90 valence electrons. The molecule has 1 aliphatic carbocycles.